The number of rotatable bonds is 15. The summed E-state index contributed by atoms with van der Waals surface area (Å²) in [6.07, 6.45) is -7.67. The maximum absolute atomic E-state index is 14.2. The largest absolute Gasteiger partial charge is 0.416 e. The van der Waals surface area contributed by atoms with Crippen LogP contribution in [0.15, 0.2) is 42.5 Å². The molecule has 2 amide bonds. The Morgan fingerprint density at radius 1 is 0.980 bits per heavy atom. The van der Waals surface area contributed by atoms with Crippen LogP contribution in [0.1, 0.15) is 48.8 Å². The molecule has 5 rings (SSSR count). The zero-order valence-corrected chi connectivity index (χ0v) is 28.9. The van der Waals surface area contributed by atoms with Crippen LogP contribution in [-0.2, 0) is 28.7 Å². The molecule has 50 heavy (non-hydrogen) atoms. The highest BCUT2D eigenvalue weighted by Crippen LogP contribution is 2.41. The fourth-order valence-corrected chi connectivity index (χ4v) is 7.88. The van der Waals surface area contributed by atoms with Crippen LogP contribution in [0.5, 0.6) is 0 Å². The third-order valence-corrected chi connectivity index (χ3v) is 10.8. The van der Waals surface area contributed by atoms with Crippen molar-refractivity contribution in [2.45, 2.75) is 87.7 Å². The van der Waals surface area contributed by atoms with E-state index in [-0.39, 0.29) is 36.9 Å². The van der Waals surface area contributed by atoms with Crippen molar-refractivity contribution in [1.82, 2.24) is 9.80 Å². The number of hydrogen-bond donors (Lipinski definition) is 5. The average Bonchev–Trinajstić information content (AvgIpc) is 3.85. The molecule has 3 aliphatic rings. The number of likely N-dealkylation sites (N-methyl/N-ethyl adjacent to an activating group) is 1. The number of para-hydroxylation sites is 2. The van der Waals surface area contributed by atoms with Crippen LogP contribution in [-0.4, -0.2) is 129 Å². The molecule has 11 nitrogen and oxygen atoms in total. The molecule has 276 valence electrons. The number of benzene rings is 2. The highest BCUT2D eigenvalue weighted by Gasteiger charge is 2.41. The van der Waals surface area contributed by atoms with Gasteiger partial charge in [-0.1, -0.05) is 24.3 Å². The summed E-state index contributed by atoms with van der Waals surface area (Å²) in [7, 11) is 1.41. The number of fused-ring (bicyclic) bond motifs is 1. The minimum atomic E-state index is -4.57. The molecule has 0 spiro atoms. The van der Waals surface area contributed by atoms with Crippen LogP contribution in [0.25, 0.3) is 0 Å². The van der Waals surface area contributed by atoms with E-state index in [1.165, 1.54) is 29.8 Å². The standard InChI is InChI=1S/C35H47F3N4O7S/c1-39(18-29(44)32(47)33(48)30(45)19-43)31(46)9-5-2-6-22-10-13-25(35(36,37)38)23(16-22)17-40-21-50-20-28(40)34(49)42-15-14-41(24-11-12-24)26-7-3-4-8-27(26)42/h3-4,7-8,10,13,16,24,28-30,32-33,43-45,47-48H,2,5-6,9,11-12,14-15,17-21H2,1H3/t28-,29-,30+,32+,33+/m0/s1. The highest BCUT2D eigenvalue weighted by atomic mass is 32.2. The van der Waals surface area contributed by atoms with Crippen LogP contribution < -0.4 is 9.80 Å². The Morgan fingerprint density at radius 2 is 1.68 bits per heavy atom. The summed E-state index contributed by atoms with van der Waals surface area (Å²) >= 11 is 1.53. The molecular weight excluding hydrogens is 677 g/mol. The lowest BCUT2D eigenvalue weighted by molar-refractivity contribution is -0.139. The first-order chi connectivity index (χ1) is 23.8. The molecule has 2 aromatic rings. The van der Waals surface area contributed by atoms with Gasteiger partial charge in [0.2, 0.25) is 11.8 Å². The lowest BCUT2D eigenvalue weighted by Gasteiger charge is -2.39. The first-order valence-electron chi connectivity index (χ1n) is 17.0. The van der Waals surface area contributed by atoms with Gasteiger partial charge in [0.25, 0.3) is 0 Å². The fraction of sp³-hybridized carbons (Fsp3) is 0.600. The van der Waals surface area contributed by atoms with Gasteiger partial charge in [-0.15, -0.1) is 11.8 Å². The predicted molar refractivity (Wildman–Crippen MR) is 184 cm³/mol. The first-order valence-corrected chi connectivity index (χ1v) is 18.2. The molecule has 0 radical (unpaired) electrons. The second-order valence-electron chi connectivity index (χ2n) is 13.4. The van der Waals surface area contributed by atoms with Crippen LogP contribution >= 0.6 is 11.8 Å². The third kappa shape index (κ3) is 9.11. The van der Waals surface area contributed by atoms with E-state index in [9.17, 15) is 43.2 Å². The number of unbranched alkanes of at least 4 members (excludes halogenated alkanes) is 1. The van der Waals surface area contributed by atoms with Crippen molar-refractivity contribution in [2.24, 2.45) is 0 Å². The van der Waals surface area contributed by atoms with E-state index in [4.69, 9.17) is 5.11 Å². The van der Waals surface area contributed by atoms with Gasteiger partial charge in [-0.25, -0.2) is 0 Å². The summed E-state index contributed by atoms with van der Waals surface area (Å²) in [6.45, 7) is 0.0891. The maximum Gasteiger partial charge on any atom is 0.416 e. The molecule has 1 saturated carbocycles. The predicted octanol–water partition coefficient (Wildman–Crippen LogP) is 2.20. The Kier molecular flexibility index (Phi) is 12.7. The lowest BCUT2D eigenvalue weighted by atomic mass is 9.99. The SMILES string of the molecule is CN(C[C@H](O)[C@@H](O)[C@H](O)[C@H](O)CO)C(=O)CCCCc1ccc(C(F)(F)F)c(CN2CSC[C@H]2C(=O)N2CCN(C3CC3)c3ccccc32)c1. The smallest absolute Gasteiger partial charge is 0.394 e. The van der Waals surface area contributed by atoms with Gasteiger partial charge in [-0.05, 0) is 61.4 Å². The zero-order chi connectivity index (χ0) is 36.2. The summed E-state index contributed by atoms with van der Waals surface area (Å²) in [6, 6.07) is 11.9. The van der Waals surface area contributed by atoms with Gasteiger partial charge in [0.1, 0.15) is 24.4 Å². The second-order valence-corrected chi connectivity index (χ2v) is 14.4. The number of thioether (sulfide) groups is 1. The number of aliphatic hydroxyl groups is 5. The molecule has 0 aromatic heterocycles. The molecule has 1 saturated heterocycles. The van der Waals surface area contributed by atoms with E-state index in [1.54, 1.807) is 11.0 Å². The number of carbonyl (C=O) groups excluding carboxylic acids is 2. The van der Waals surface area contributed by atoms with Crippen molar-refractivity contribution in [2.75, 3.05) is 54.7 Å². The monoisotopic (exact) mass is 724 g/mol. The van der Waals surface area contributed by atoms with Crippen molar-refractivity contribution < 1.29 is 48.3 Å². The van der Waals surface area contributed by atoms with Crippen molar-refractivity contribution in [1.29, 1.82) is 0 Å². The zero-order valence-electron chi connectivity index (χ0n) is 28.1. The molecule has 2 aliphatic heterocycles. The first kappa shape index (κ1) is 38.3. The van der Waals surface area contributed by atoms with Gasteiger partial charge in [0.05, 0.1) is 29.6 Å². The topological polar surface area (TPSA) is 148 Å². The molecular formula is C35H47F3N4O7S. The number of amides is 2. The molecule has 2 aromatic carbocycles. The van der Waals surface area contributed by atoms with E-state index < -0.39 is 48.8 Å². The van der Waals surface area contributed by atoms with E-state index in [1.807, 2.05) is 29.2 Å². The van der Waals surface area contributed by atoms with Crippen molar-refractivity contribution in [3.8, 4) is 0 Å². The summed E-state index contributed by atoms with van der Waals surface area (Å²) in [5, 5.41) is 48.4. The average molecular weight is 725 g/mol. The van der Waals surface area contributed by atoms with E-state index in [0.29, 0.717) is 49.0 Å². The molecule has 0 unspecified atom stereocenters. The third-order valence-electron chi connectivity index (χ3n) is 9.73. The molecule has 2 heterocycles. The van der Waals surface area contributed by atoms with Crippen molar-refractivity contribution in [3.63, 3.8) is 0 Å². The van der Waals surface area contributed by atoms with Crippen LogP contribution in [0.4, 0.5) is 24.5 Å². The minimum absolute atomic E-state index is 0.0305. The Labute approximate surface area is 294 Å². The molecule has 2 fully saturated rings. The van der Waals surface area contributed by atoms with Gasteiger partial charge in [0, 0.05) is 57.3 Å². The van der Waals surface area contributed by atoms with E-state index in [2.05, 4.69) is 4.90 Å². The summed E-state index contributed by atoms with van der Waals surface area (Å²) in [5.74, 6) is 0.483. The van der Waals surface area contributed by atoms with Crippen LogP contribution in [0, 0.1) is 0 Å². The summed E-state index contributed by atoms with van der Waals surface area (Å²) in [5.41, 5.74) is 1.93. The number of aryl methyl sites for hydroxylation is 1. The molecule has 0 bridgehead atoms. The Morgan fingerprint density at radius 3 is 2.36 bits per heavy atom. The minimum Gasteiger partial charge on any atom is -0.394 e. The number of carbonyl (C=O) groups is 2. The van der Waals surface area contributed by atoms with Gasteiger partial charge in [-0.2, -0.15) is 13.2 Å². The van der Waals surface area contributed by atoms with Gasteiger partial charge >= 0.3 is 6.18 Å². The number of anilines is 2. The van der Waals surface area contributed by atoms with E-state index >= 15 is 0 Å². The summed E-state index contributed by atoms with van der Waals surface area (Å²) < 4.78 is 42.5. The fourth-order valence-electron chi connectivity index (χ4n) is 6.70. The second kappa shape index (κ2) is 16.6. The number of hydrogen-bond acceptors (Lipinski definition) is 10. The number of alkyl halides is 3. The van der Waals surface area contributed by atoms with Gasteiger partial charge < -0.3 is 40.2 Å². The van der Waals surface area contributed by atoms with Crippen LogP contribution in [0.3, 0.4) is 0 Å². The van der Waals surface area contributed by atoms with Gasteiger partial charge in [-0.3, -0.25) is 14.5 Å². The van der Waals surface area contributed by atoms with Gasteiger partial charge in [0.15, 0.2) is 0 Å². The molecule has 5 atom stereocenters. The number of halogens is 3. The van der Waals surface area contributed by atoms with E-state index in [0.717, 1.165) is 36.8 Å². The van der Waals surface area contributed by atoms with Crippen molar-refractivity contribution in [3.05, 3.63) is 59.2 Å². The summed E-state index contributed by atoms with van der Waals surface area (Å²) in [4.78, 5) is 33.8. The van der Waals surface area contributed by atoms with Crippen LogP contribution in [0.2, 0.25) is 0 Å². The Balaban J connectivity index is 1.18. The Bertz CT molecular complexity index is 1480. The maximum atomic E-state index is 14.2. The lowest BCUT2D eigenvalue weighted by Crippen LogP contribution is -2.52. The quantitative estimate of drug-likeness (QED) is 0.173. The number of nitrogens with zero attached hydrogens (tertiary/aromatic N) is 4. The highest BCUT2D eigenvalue weighted by molar-refractivity contribution is 7.99. The Hall–Kier alpha value is -2.92. The normalized spacial score (nSPS) is 20.7. The molecule has 5 N–H and O–H groups in total. The molecule has 15 heteroatoms. The molecule has 1 aliphatic carbocycles. The number of aliphatic hydroxyl groups excluding tert-OH is 5. The van der Waals surface area contributed by atoms with Crippen molar-refractivity contribution >= 4 is 35.0 Å².